The number of fused-ring (bicyclic) bond motifs is 1. The zero-order valence-electron chi connectivity index (χ0n) is 10.2. The summed E-state index contributed by atoms with van der Waals surface area (Å²) in [7, 11) is 0. The molecule has 0 bridgehead atoms. The van der Waals surface area contributed by atoms with Crippen molar-refractivity contribution in [3.05, 3.63) is 54.2 Å². The van der Waals surface area contributed by atoms with Crippen molar-refractivity contribution < 1.29 is 4.42 Å². The van der Waals surface area contributed by atoms with Gasteiger partial charge in [-0.2, -0.15) is 0 Å². The third-order valence-electron chi connectivity index (χ3n) is 3.18. The second kappa shape index (κ2) is 4.31. The van der Waals surface area contributed by atoms with E-state index in [1.54, 1.807) is 6.26 Å². The third kappa shape index (κ3) is 1.62. The molecule has 0 amide bonds. The van der Waals surface area contributed by atoms with Crippen LogP contribution in [-0.2, 0) is 0 Å². The first-order valence-electron chi connectivity index (χ1n) is 5.98. The van der Waals surface area contributed by atoms with E-state index in [1.807, 2.05) is 37.3 Å². The lowest BCUT2D eigenvalue weighted by Gasteiger charge is -2.17. The van der Waals surface area contributed by atoms with E-state index in [1.165, 1.54) is 0 Å². The highest BCUT2D eigenvalue weighted by atomic mass is 16.3. The average Bonchev–Trinajstić information content (AvgIpc) is 2.99. The van der Waals surface area contributed by atoms with Crippen LogP contribution in [0.15, 0.2) is 47.1 Å². The minimum Gasteiger partial charge on any atom is -0.467 e. The molecule has 18 heavy (non-hydrogen) atoms. The number of rotatable bonds is 3. The Morgan fingerprint density at radius 2 is 2.11 bits per heavy atom. The van der Waals surface area contributed by atoms with E-state index in [9.17, 15) is 0 Å². The first-order chi connectivity index (χ1) is 8.81. The van der Waals surface area contributed by atoms with Gasteiger partial charge in [-0.3, -0.25) is 0 Å². The Hall–Kier alpha value is -2.07. The number of nitrogens with zero attached hydrogens (tertiary/aromatic N) is 2. The van der Waals surface area contributed by atoms with Gasteiger partial charge < -0.3 is 14.7 Å². The average molecular weight is 241 g/mol. The first-order valence-corrected chi connectivity index (χ1v) is 5.98. The van der Waals surface area contributed by atoms with Gasteiger partial charge in [0.25, 0.3) is 0 Å². The zero-order chi connectivity index (χ0) is 12.5. The fourth-order valence-corrected chi connectivity index (χ4v) is 2.39. The van der Waals surface area contributed by atoms with E-state index in [4.69, 9.17) is 10.2 Å². The quantitative estimate of drug-likeness (QED) is 0.766. The van der Waals surface area contributed by atoms with Crippen molar-refractivity contribution in [3.63, 3.8) is 0 Å². The second-order valence-corrected chi connectivity index (χ2v) is 4.28. The Morgan fingerprint density at radius 1 is 1.28 bits per heavy atom. The molecule has 4 heteroatoms. The standard InChI is InChI=1S/C14H15N3O/c1-10-16-11-5-2-3-6-12(11)17(10)13(9-15)14-7-4-8-18-14/h2-8,13H,9,15H2,1H3. The van der Waals surface area contributed by atoms with E-state index < -0.39 is 0 Å². The van der Waals surface area contributed by atoms with Gasteiger partial charge in [0.2, 0.25) is 0 Å². The summed E-state index contributed by atoms with van der Waals surface area (Å²) in [6.45, 7) is 2.47. The molecule has 3 rings (SSSR count). The Kier molecular flexibility index (Phi) is 2.64. The van der Waals surface area contributed by atoms with Gasteiger partial charge in [0, 0.05) is 6.54 Å². The van der Waals surface area contributed by atoms with Crippen molar-refractivity contribution in [2.75, 3.05) is 6.54 Å². The van der Waals surface area contributed by atoms with Crippen LogP contribution < -0.4 is 5.73 Å². The van der Waals surface area contributed by atoms with Gasteiger partial charge in [0.05, 0.1) is 17.3 Å². The summed E-state index contributed by atoms with van der Waals surface area (Å²) in [5.74, 6) is 1.81. The minimum atomic E-state index is -0.00704. The molecular weight excluding hydrogens is 226 g/mol. The summed E-state index contributed by atoms with van der Waals surface area (Å²) in [5, 5.41) is 0. The topological polar surface area (TPSA) is 57.0 Å². The van der Waals surface area contributed by atoms with Crippen molar-refractivity contribution in [1.82, 2.24) is 9.55 Å². The smallest absolute Gasteiger partial charge is 0.127 e. The molecule has 1 atom stereocenters. The zero-order valence-corrected chi connectivity index (χ0v) is 10.2. The number of aryl methyl sites for hydroxylation is 1. The Morgan fingerprint density at radius 3 is 2.83 bits per heavy atom. The van der Waals surface area contributed by atoms with Gasteiger partial charge >= 0.3 is 0 Å². The lowest BCUT2D eigenvalue weighted by atomic mass is 10.2. The largest absolute Gasteiger partial charge is 0.467 e. The molecule has 92 valence electrons. The molecular formula is C14H15N3O. The lowest BCUT2D eigenvalue weighted by molar-refractivity contribution is 0.433. The summed E-state index contributed by atoms with van der Waals surface area (Å²) in [4.78, 5) is 4.56. The number of furan rings is 1. The van der Waals surface area contributed by atoms with Crippen LogP contribution >= 0.6 is 0 Å². The molecule has 3 aromatic rings. The molecule has 2 N–H and O–H groups in total. The van der Waals surface area contributed by atoms with E-state index in [0.717, 1.165) is 22.6 Å². The molecule has 0 saturated carbocycles. The van der Waals surface area contributed by atoms with Gasteiger partial charge in [-0.25, -0.2) is 4.98 Å². The van der Waals surface area contributed by atoms with Gasteiger partial charge in [-0.15, -0.1) is 0 Å². The molecule has 0 aliphatic rings. The Balaban J connectivity index is 2.21. The number of para-hydroxylation sites is 2. The fraction of sp³-hybridized carbons (Fsp3) is 0.214. The van der Waals surface area contributed by atoms with Crippen LogP contribution in [0.25, 0.3) is 11.0 Å². The van der Waals surface area contributed by atoms with E-state index in [0.29, 0.717) is 6.54 Å². The number of imidazole rings is 1. The number of hydrogen-bond donors (Lipinski definition) is 1. The molecule has 1 unspecified atom stereocenters. The summed E-state index contributed by atoms with van der Waals surface area (Å²) in [6.07, 6.45) is 1.67. The van der Waals surface area contributed by atoms with Crippen molar-refractivity contribution in [2.24, 2.45) is 5.73 Å². The predicted molar refractivity (Wildman–Crippen MR) is 70.4 cm³/mol. The molecule has 0 saturated heterocycles. The van der Waals surface area contributed by atoms with E-state index in [2.05, 4.69) is 15.6 Å². The molecule has 0 aliphatic heterocycles. The maximum Gasteiger partial charge on any atom is 0.127 e. The number of benzene rings is 1. The number of aromatic nitrogens is 2. The van der Waals surface area contributed by atoms with E-state index >= 15 is 0 Å². The van der Waals surface area contributed by atoms with Crippen LogP contribution in [-0.4, -0.2) is 16.1 Å². The van der Waals surface area contributed by atoms with Crippen molar-refractivity contribution in [3.8, 4) is 0 Å². The van der Waals surface area contributed by atoms with Gasteiger partial charge in [0.1, 0.15) is 17.6 Å². The highest BCUT2D eigenvalue weighted by molar-refractivity contribution is 5.76. The number of hydrogen-bond acceptors (Lipinski definition) is 3. The van der Waals surface area contributed by atoms with Crippen LogP contribution in [0.3, 0.4) is 0 Å². The van der Waals surface area contributed by atoms with E-state index in [-0.39, 0.29) is 6.04 Å². The molecule has 0 radical (unpaired) electrons. The third-order valence-corrected chi connectivity index (χ3v) is 3.18. The van der Waals surface area contributed by atoms with Crippen LogP contribution in [0.5, 0.6) is 0 Å². The minimum absolute atomic E-state index is 0.00704. The highest BCUT2D eigenvalue weighted by Gasteiger charge is 2.19. The molecule has 0 fully saturated rings. The molecule has 0 spiro atoms. The molecule has 1 aromatic carbocycles. The van der Waals surface area contributed by atoms with Crippen LogP contribution in [0.1, 0.15) is 17.6 Å². The summed E-state index contributed by atoms with van der Waals surface area (Å²) in [6, 6.07) is 11.9. The van der Waals surface area contributed by atoms with Crippen molar-refractivity contribution >= 4 is 11.0 Å². The monoisotopic (exact) mass is 241 g/mol. The maximum atomic E-state index is 5.91. The van der Waals surface area contributed by atoms with Crippen molar-refractivity contribution in [2.45, 2.75) is 13.0 Å². The molecule has 2 aromatic heterocycles. The Bertz CT molecular complexity index is 655. The van der Waals surface area contributed by atoms with Gasteiger partial charge in [0.15, 0.2) is 0 Å². The molecule has 2 heterocycles. The molecule has 0 aliphatic carbocycles. The van der Waals surface area contributed by atoms with Crippen LogP contribution in [0, 0.1) is 6.92 Å². The normalized spacial score (nSPS) is 13.0. The first kappa shape index (κ1) is 11.0. The predicted octanol–water partition coefficient (Wildman–Crippen LogP) is 2.49. The SMILES string of the molecule is Cc1nc2ccccc2n1C(CN)c1ccco1. The fourth-order valence-electron chi connectivity index (χ4n) is 2.39. The van der Waals surface area contributed by atoms with Crippen LogP contribution in [0.2, 0.25) is 0 Å². The summed E-state index contributed by atoms with van der Waals surface area (Å²) < 4.78 is 7.62. The molecule has 4 nitrogen and oxygen atoms in total. The second-order valence-electron chi connectivity index (χ2n) is 4.28. The Labute approximate surface area is 105 Å². The van der Waals surface area contributed by atoms with Crippen LogP contribution in [0.4, 0.5) is 0 Å². The summed E-state index contributed by atoms with van der Waals surface area (Å²) >= 11 is 0. The maximum absolute atomic E-state index is 5.91. The van der Waals surface area contributed by atoms with Gasteiger partial charge in [-0.05, 0) is 31.2 Å². The van der Waals surface area contributed by atoms with Gasteiger partial charge in [-0.1, -0.05) is 12.1 Å². The number of nitrogens with two attached hydrogens (primary N) is 1. The van der Waals surface area contributed by atoms with Crippen molar-refractivity contribution in [1.29, 1.82) is 0 Å². The highest BCUT2D eigenvalue weighted by Crippen LogP contribution is 2.25. The summed E-state index contributed by atoms with van der Waals surface area (Å²) in [5.41, 5.74) is 7.98. The lowest BCUT2D eigenvalue weighted by Crippen LogP contribution is -2.20.